The third kappa shape index (κ3) is 2.45. The van der Waals surface area contributed by atoms with Crippen molar-refractivity contribution in [1.29, 1.82) is 0 Å². The second-order valence-electron chi connectivity index (χ2n) is 6.45. The average Bonchev–Trinajstić information content (AvgIpc) is 2.93. The van der Waals surface area contributed by atoms with Crippen LogP contribution in [0.3, 0.4) is 0 Å². The normalized spacial score (nSPS) is 24.2. The van der Waals surface area contributed by atoms with E-state index >= 15 is 0 Å². The van der Waals surface area contributed by atoms with Crippen LogP contribution in [0, 0.1) is 0 Å². The van der Waals surface area contributed by atoms with E-state index in [1.54, 1.807) is 4.90 Å². The number of nitrogens with zero attached hydrogens (tertiary/aromatic N) is 2. The highest BCUT2D eigenvalue weighted by atomic mass is 16.2. The van der Waals surface area contributed by atoms with E-state index in [9.17, 15) is 14.4 Å². The molecule has 3 aliphatic rings. The van der Waals surface area contributed by atoms with Gasteiger partial charge in [0.2, 0.25) is 11.8 Å². The fourth-order valence-electron chi connectivity index (χ4n) is 3.76. The van der Waals surface area contributed by atoms with Crippen LogP contribution in [0.4, 0.5) is 5.69 Å². The Morgan fingerprint density at radius 1 is 1.08 bits per heavy atom. The standard InChI is InChI=1S/C17H20N4O3/c22-14-5-4-13(16(23)19-14)21-10-11-2-1-3-12(15(11)17(21)24)20-8-6-18-7-9-20/h1-3,13,18H,4-10H2,(H,19,22,23). The van der Waals surface area contributed by atoms with Gasteiger partial charge in [-0.25, -0.2) is 0 Å². The fourth-order valence-corrected chi connectivity index (χ4v) is 3.76. The van der Waals surface area contributed by atoms with Gasteiger partial charge >= 0.3 is 0 Å². The quantitative estimate of drug-likeness (QED) is 0.739. The fraction of sp³-hybridized carbons (Fsp3) is 0.471. The lowest BCUT2D eigenvalue weighted by Crippen LogP contribution is -2.52. The molecule has 24 heavy (non-hydrogen) atoms. The highest BCUT2D eigenvalue weighted by molar-refractivity contribution is 6.07. The molecular weight excluding hydrogens is 308 g/mol. The molecule has 0 spiro atoms. The number of hydrogen-bond acceptors (Lipinski definition) is 5. The molecular formula is C17H20N4O3. The molecule has 2 fully saturated rings. The molecule has 7 heteroatoms. The molecule has 0 saturated carbocycles. The zero-order chi connectivity index (χ0) is 16.7. The van der Waals surface area contributed by atoms with Crippen LogP contribution >= 0.6 is 0 Å². The first kappa shape index (κ1) is 15.1. The van der Waals surface area contributed by atoms with Crippen molar-refractivity contribution in [2.24, 2.45) is 0 Å². The molecule has 3 heterocycles. The van der Waals surface area contributed by atoms with Gasteiger partial charge in [0.25, 0.3) is 5.91 Å². The summed E-state index contributed by atoms with van der Waals surface area (Å²) in [5.74, 6) is -0.730. The average molecular weight is 328 g/mol. The largest absolute Gasteiger partial charge is 0.368 e. The number of fused-ring (bicyclic) bond motifs is 1. The summed E-state index contributed by atoms with van der Waals surface area (Å²) < 4.78 is 0. The van der Waals surface area contributed by atoms with Crippen LogP contribution in [0.2, 0.25) is 0 Å². The van der Waals surface area contributed by atoms with E-state index in [1.807, 2.05) is 18.2 Å². The zero-order valence-corrected chi connectivity index (χ0v) is 13.4. The Balaban J connectivity index is 1.63. The molecule has 1 aromatic carbocycles. The van der Waals surface area contributed by atoms with Crippen molar-refractivity contribution in [3.05, 3.63) is 29.3 Å². The maximum Gasteiger partial charge on any atom is 0.257 e. The Labute approximate surface area is 140 Å². The van der Waals surface area contributed by atoms with Gasteiger partial charge in [0.15, 0.2) is 0 Å². The molecule has 1 unspecified atom stereocenters. The SMILES string of the molecule is O=C1CCC(N2Cc3cccc(N4CCNCC4)c3C2=O)C(=O)N1. The molecule has 2 N–H and O–H groups in total. The number of rotatable bonds is 2. The number of carbonyl (C=O) groups excluding carboxylic acids is 3. The predicted molar refractivity (Wildman–Crippen MR) is 87.6 cm³/mol. The third-order valence-electron chi connectivity index (χ3n) is 4.99. The molecule has 0 aliphatic carbocycles. The monoisotopic (exact) mass is 328 g/mol. The van der Waals surface area contributed by atoms with Crippen LogP contribution in [0.5, 0.6) is 0 Å². The van der Waals surface area contributed by atoms with Crippen molar-refractivity contribution in [1.82, 2.24) is 15.5 Å². The number of piperidine rings is 1. The molecule has 3 amide bonds. The van der Waals surface area contributed by atoms with Crippen LogP contribution in [0.1, 0.15) is 28.8 Å². The second kappa shape index (κ2) is 5.90. The maximum atomic E-state index is 13.0. The number of nitrogens with one attached hydrogen (secondary N) is 2. The summed E-state index contributed by atoms with van der Waals surface area (Å²) in [4.78, 5) is 40.3. The predicted octanol–water partition coefficient (Wildman–Crippen LogP) is -0.143. The van der Waals surface area contributed by atoms with Crippen LogP contribution < -0.4 is 15.5 Å². The lowest BCUT2D eigenvalue weighted by atomic mass is 10.0. The summed E-state index contributed by atoms with van der Waals surface area (Å²) >= 11 is 0. The van der Waals surface area contributed by atoms with Gasteiger partial charge in [-0.3, -0.25) is 19.7 Å². The van der Waals surface area contributed by atoms with E-state index in [2.05, 4.69) is 15.5 Å². The summed E-state index contributed by atoms with van der Waals surface area (Å²) in [5.41, 5.74) is 2.62. The van der Waals surface area contributed by atoms with Crippen molar-refractivity contribution in [2.75, 3.05) is 31.1 Å². The van der Waals surface area contributed by atoms with E-state index < -0.39 is 6.04 Å². The first-order valence-electron chi connectivity index (χ1n) is 8.37. The minimum Gasteiger partial charge on any atom is -0.368 e. The van der Waals surface area contributed by atoms with Gasteiger partial charge in [-0.1, -0.05) is 12.1 Å². The maximum absolute atomic E-state index is 13.0. The minimum atomic E-state index is -0.557. The van der Waals surface area contributed by atoms with E-state index in [1.165, 1.54) is 0 Å². The van der Waals surface area contributed by atoms with E-state index in [-0.39, 0.29) is 24.1 Å². The zero-order valence-electron chi connectivity index (χ0n) is 13.4. The number of amides is 3. The molecule has 126 valence electrons. The highest BCUT2D eigenvalue weighted by Gasteiger charge is 2.40. The molecule has 0 bridgehead atoms. The Bertz CT molecular complexity index is 712. The number of carbonyl (C=O) groups is 3. The third-order valence-corrected chi connectivity index (χ3v) is 4.99. The van der Waals surface area contributed by atoms with E-state index in [0.717, 1.165) is 37.4 Å². The van der Waals surface area contributed by atoms with Gasteiger partial charge in [-0.2, -0.15) is 0 Å². The van der Waals surface area contributed by atoms with Gasteiger partial charge < -0.3 is 15.1 Å². The molecule has 2 saturated heterocycles. The Hall–Kier alpha value is -2.41. The van der Waals surface area contributed by atoms with Crippen LogP contribution in [-0.2, 0) is 16.1 Å². The van der Waals surface area contributed by atoms with Gasteiger partial charge in [-0.15, -0.1) is 0 Å². The minimum absolute atomic E-state index is 0.103. The summed E-state index contributed by atoms with van der Waals surface area (Å²) in [6.45, 7) is 3.95. The molecule has 1 atom stereocenters. The summed E-state index contributed by atoms with van der Waals surface area (Å²) in [6.07, 6.45) is 0.675. The molecule has 1 aromatic rings. The first-order chi connectivity index (χ1) is 11.6. The summed E-state index contributed by atoms with van der Waals surface area (Å²) in [6, 6.07) is 5.34. The number of hydrogen-bond donors (Lipinski definition) is 2. The van der Waals surface area contributed by atoms with Crippen molar-refractivity contribution >= 4 is 23.4 Å². The molecule has 3 aliphatic heterocycles. The first-order valence-corrected chi connectivity index (χ1v) is 8.37. The summed E-state index contributed by atoms with van der Waals surface area (Å²) in [5, 5.41) is 5.65. The number of anilines is 1. The van der Waals surface area contributed by atoms with Gasteiger partial charge in [0.1, 0.15) is 6.04 Å². The summed E-state index contributed by atoms with van der Waals surface area (Å²) in [7, 11) is 0. The van der Waals surface area contributed by atoms with Crippen LogP contribution in [0.15, 0.2) is 18.2 Å². The van der Waals surface area contributed by atoms with Gasteiger partial charge in [0.05, 0.1) is 5.56 Å². The van der Waals surface area contributed by atoms with Gasteiger partial charge in [-0.05, 0) is 18.1 Å². The number of benzene rings is 1. The molecule has 7 nitrogen and oxygen atoms in total. The molecule has 0 radical (unpaired) electrons. The Morgan fingerprint density at radius 2 is 1.88 bits per heavy atom. The topological polar surface area (TPSA) is 81.8 Å². The number of piperazine rings is 1. The highest BCUT2D eigenvalue weighted by Crippen LogP contribution is 2.34. The van der Waals surface area contributed by atoms with E-state index in [4.69, 9.17) is 0 Å². The number of imide groups is 1. The lowest BCUT2D eigenvalue weighted by Gasteiger charge is -2.31. The Morgan fingerprint density at radius 3 is 2.62 bits per heavy atom. The van der Waals surface area contributed by atoms with Crippen LogP contribution in [-0.4, -0.2) is 54.8 Å². The van der Waals surface area contributed by atoms with Crippen molar-refractivity contribution in [2.45, 2.75) is 25.4 Å². The van der Waals surface area contributed by atoms with Crippen LogP contribution in [0.25, 0.3) is 0 Å². The second-order valence-corrected chi connectivity index (χ2v) is 6.45. The smallest absolute Gasteiger partial charge is 0.257 e. The van der Waals surface area contributed by atoms with Crippen molar-refractivity contribution in [3.63, 3.8) is 0 Å². The Kier molecular flexibility index (Phi) is 3.72. The van der Waals surface area contributed by atoms with Gasteiger partial charge in [0, 0.05) is 44.8 Å². The van der Waals surface area contributed by atoms with E-state index in [0.29, 0.717) is 18.5 Å². The molecule has 0 aromatic heterocycles. The van der Waals surface area contributed by atoms with Crippen molar-refractivity contribution < 1.29 is 14.4 Å². The molecule has 4 rings (SSSR count). The lowest BCUT2D eigenvalue weighted by molar-refractivity contribution is -0.136. The van der Waals surface area contributed by atoms with Crippen molar-refractivity contribution in [3.8, 4) is 0 Å².